The fourth-order valence-corrected chi connectivity index (χ4v) is 4.86. The summed E-state index contributed by atoms with van der Waals surface area (Å²) in [6, 6.07) is 14.8. The fourth-order valence-electron chi connectivity index (χ4n) is 3.11. The van der Waals surface area contributed by atoms with Crippen LogP contribution in [0.1, 0.15) is 33.4 Å². The summed E-state index contributed by atoms with van der Waals surface area (Å²) in [6.07, 6.45) is 0. The van der Waals surface area contributed by atoms with Gasteiger partial charge in [-0.2, -0.15) is 9.40 Å². The fraction of sp³-hybridized carbons (Fsp3) is 0.304. The van der Waals surface area contributed by atoms with Gasteiger partial charge in [-0.3, -0.25) is 4.79 Å². The van der Waals surface area contributed by atoms with Crippen LogP contribution < -0.4 is 5.32 Å². The molecule has 0 aliphatic carbocycles. The van der Waals surface area contributed by atoms with E-state index in [0.29, 0.717) is 21.6 Å². The van der Waals surface area contributed by atoms with Crippen molar-refractivity contribution in [2.45, 2.75) is 38.0 Å². The van der Waals surface area contributed by atoms with Gasteiger partial charge in [-0.25, -0.2) is 13.1 Å². The molecule has 0 fully saturated rings. The Morgan fingerprint density at radius 2 is 1.73 bits per heavy atom. The highest BCUT2D eigenvalue weighted by atomic mass is 35.5. The molecule has 0 saturated carbocycles. The molecule has 3 rings (SSSR count). The quantitative estimate of drug-likeness (QED) is 0.479. The summed E-state index contributed by atoms with van der Waals surface area (Å²) in [5.74, 6) is -0.0963. The summed E-state index contributed by atoms with van der Waals surface area (Å²) < 4.78 is 28.7. The van der Waals surface area contributed by atoms with Crippen molar-refractivity contribution < 1.29 is 13.2 Å². The predicted octanol–water partition coefficient (Wildman–Crippen LogP) is 5.13. The summed E-state index contributed by atoms with van der Waals surface area (Å²) in [5.41, 5.74) is 1.07. The number of aromatic nitrogens is 2. The predicted molar refractivity (Wildman–Crippen MR) is 132 cm³/mol. The Morgan fingerprint density at radius 3 is 2.30 bits per heavy atom. The van der Waals surface area contributed by atoms with E-state index in [2.05, 4.69) is 10.4 Å². The molecule has 176 valence electrons. The van der Waals surface area contributed by atoms with Gasteiger partial charge in [-0.15, -0.1) is 0 Å². The lowest BCUT2D eigenvalue weighted by Crippen LogP contribution is -2.38. The Kier molecular flexibility index (Phi) is 7.53. The zero-order chi connectivity index (χ0) is 24.4. The van der Waals surface area contributed by atoms with Crippen LogP contribution in [0.3, 0.4) is 0 Å². The first kappa shape index (κ1) is 25.2. The molecule has 1 N–H and O–H groups in total. The van der Waals surface area contributed by atoms with Gasteiger partial charge in [0, 0.05) is 23.0 Å². The average Bonchev–Trinajstić information content (AvgIpc) is 3.16. The number of carbonyl (C=O) groups is 1. The number of likely N-dealkylation sites (N-methyl/N-ethyl adjacent to an activating group) is 1. The average molecular weight is 509 g/mol. The van der Waals surface area contributed by atoms with E-state index in [1.54, 1.807) is 35.9 Å². The molecule has 33 heavy (non-hydrogen) atoms. The topological polar surface area (TPSA) is 84.3 Å². The lowest BCUT2D eigenvalue weighted by atomic mass is 9.92. The Bertz CT molecular complexity index is 1250. The second-order valence-corrected chi connectivity index (χ2v) is 11.2. The van der Waals surface area contributed by atoms with Gasteiger partial charge >= 0.3 is 0 Å². The largest absolute Gasteiger partial charge is 0.309 e. The maximum absolute atomic E-state index is 13.0. The number of benzene rings is 2. The number of hydrogen-bond acceptors (Lipinski definition) is 4. The molecule has 1 amide bonds. The highest BCUT2D eigenvalue weighted by Crippen LogP contribution is 2.29. The van der Waals surface area contributed by atoms with Crippen molar-refractivity contribution in [2.75, 3.05) is 18.4 Å². The van der Waals surface area contributed by atoms with E-state index in [4.69, 9.17) is 23.2 Å². The molecular weight excluding hydrogens is 483 g/mol. The minimum atomic E-state index is -3.87. The number of nitrogens with zero attached hydrogens (tertiary/aromatic N) is 3. The van der Waals surface area contributed by atoms with Crippen LogP contribution in [0, 0.1) is 0 Å². The van der Waals surface area contributed by atoms with E-state index >= 15 is 0 Å². The van der Waals surface area contributed by atoms with E-state index in [9.17, 15) is 13.2 Å². The van der Waals surface area contributed by atoms with Gasteiger partial charge in [0.05, 0.1) is 27.8 Å². The summed E-state index contributed by atoms with van der Waals surface area (Å²) in [5, 5.41) is 8.34. The number of para-hydroxylation sites is 1. The molecule has 7 nitrogen and oxygen atoms in total. The van der Waals surface area contributed by atoms with Gasteiger partial charge in [0.25, 0.3) is 0 Å². The third-order valence-corrected chi connectivity index (χ3v) is 7.46. The minimum absolute atomic E-state index is 0.0673. The molecule has 0 aliphatic rings. The molecule has 0 radical (unpaired) electrons. The molecular formula is C23H26Cl2N4O3S. The van der Waals surface area contributed by atoms with Crippen molar-refractivity contribution in [1.82, 2.24) is 14.1 Å². The molecule has 0 bridgehead atoms. The number of sulfonamides is 1. The highest BCUT2D eigenvalue weighted by molar-refractivity contribution is 7.89. The summed E-state index contributed by atoms with van der Waals surface area (Å²) >= 11 is 12.2. The maximum Gasteiger partial charge on any atom is 0.243 e. The zero-order valence-electron chi connectivity index (χ0n) is 18.8. The number of hydrogen-bond donors (Lipinski definition) is 1. The SMILES string of the molecule is CCN(CC(=O)Nc1cc(C(C)(C)C)nn1-c1ccccc1Cl)S(=O)(=O)c1ccc(Cl)cc1. The van der Waals surface area contributed by atoms with E-state index in [0.717, 1.165) is 10.00 Å². The Hall–Kier alpha value is -2.39. The van der Waals surface area contributed by atoms with Gasteiger partial charge in [0.2, 0.25) is 15.9 Å². The summed E-state index contributed by atoms with van der Waals surface area (Å²) in [4.78, 5) is 13.0. The molecule has 1 heterocycles. The van der Waals surface area contributed by atoms with Gasteiger partial charge < -0.3 is 5.32 Å². The Labute approximate surface area is 204 Å². The van der Waals surface area contributed by atoms with Gasteiger partial charge in [-0.1, -0.05) is 63.0 Å². The number of rotatable bonds is 7. The lowest BCUT2D eigenvalue weighted by molar-refractivity contribution is -0.116. The first-order chi connectivity index (χ1) is 15.4. The Balaban J connectivity index is 1.89. The second kappa shape index (κ2) is 9.85. The molecule has 0 spiro atoms. The Morgan fingerprint density at radius 1 is 1.09 bits per heavy atom. The zero-order valence-corrected chi connectivity index (χ0v) is 21.2. The van der Waals surface area contributed by atoms with Crippen LogP contribution in [0.25, 0.3) is 5.69 Å². The molecule has 2 aromatic carbocycles. The van der Waals surface area contributed by atoms with Crippen LogP contribution in [-0.2, 0) is 20.2 Å². The molecule has 10 heteroatoms. The smallest absolute Gasteiger partial charge is 0.243 e. The molecule has 0 atom stereocenters. The standard InChI is InChI=1S/C23H26Cl2N4O3S/c1-5-28(33(31,32)17-12-10-16(24)11-13-17)15-22(30)26-21-14-20(23(2,3)4)27-29(21)19-9-7-6-8-18(19)25/h6-14H,5,15H2,1-4H3,(H,26,30). The van der Waals surface area contributed by atoms with Crippen LogP contribution in [0.5, 0.6) is 0 Å². The highest BCUT2D eigenvalue weighted by Gasteiger charge is 2.27. The van der Waals surface area contributed by atoms with Gasteiger partial charge in [0.15, 0.2) is 0 Å². The lowest BCUT2D eigenvalue weighted by Gasteiger charge is -2.20. The number of carbonyl (C=O) groups excluding carboxylic acids is 1. The molecule has 0 saturated heterocycles. The van der Waals surface area contributed by atoms with Crippen LogP contribution in [0.2, 0.25) is 10.0 Å². The van der Waals surface area contributed by atoms with Crippen LogP contribution in [-0.4, -0.2) is 41.5 Å². The molecule has 1 aromatic heterocycles. The number of halogens is 2. The van der Waals surface area contributed by atoms with E-state index in [1.807, 2.05) is 26.8 Å². The summed E-state index contributed by atoms with van der Waals surface area (Å²) in [7, 11) is -3.87. The van der Waals surface area contributed by atoms with Crippen molar-refractivity contribution in [3.63, 3.8) is 0 Å². The first-order valence-electron chi connectivity index (χ1n) is 10.3. The third-order valence-electron chi connectivity index (χ3n) is 4.95. The number of amides is 1. The monoisotopic (exact) mass is 508 g/mol. The minimum Gasteiger partial charge on any atom is -0.309 e. The number of anilines is 1. The van der Waals surface area contributed by atoms with Crippen molar-refractivity contribution in [3.05, 3.63) is 70.3 Å². The third kappa shape index (κ3) is 5.76. The second-order valence-electron chi connectivity index (χ2n) is 8.46. The first-order valence-corrected chi connectivity index (χ1v) is 12.5. The van der Waals surface area contributed by atoms with Crippen LogP contribution in [0.4, 0.5) is 5.82 Å². The van der Waals surface area contributed by atoms with E-state index < -0.39 is 15.9 Å². The van der Waals surface area contributed by atoms with Crippen molar-refractivity contribution in [2.24, 2.45) is 0 Å². The normalized spacial score (nSPS) is 12.2. The maximum atomic E-state index is 13.0. The van der Waals surface area contributed by atoms with Crippen molar-refractivity contribution in [3.8, 4) is 5.69 Å². The molecule has 0 aliphatic heterocycles. The van der Waals surface area contributed by atoms with Gasteiger partial charge in [0.1, 0.15) is 5.82 Å². The van der Waals surface area contributed by atoms with Crippen molar-refractivity contribution >= 4 is 45.0 Å². The number of nitrogens with one attached hydrogen (secondary N) is 1. The van der Waals surface area contributed by atoms with Crippen LogP contribution in [0.15, 0.2) is 59.5 Å². The summed E-state index contributed by atoms with van der Waals surface area (Å²) in [6.45, 7) is 7.46. The molecule has 3 aromatic rings. The van der Waals surface area contributed by atoms with Crippen molar-refractivity contribution in [1.29, 1.82) is 0 Å². The molecule has 0 unspecified atom stereocenters. The van der Waals surface area contributed by atoms with Crippen LogP contribution >= 0.6 is 23.2 Å². The van der Waals surface area contributed by atoms with Gasteiger partial charge in [-0.05, 0) is 36.4 Å². The van der Waals surface area contributed by atoms with E-state index in [-0.39, 0.29) is 23.4 Å². The van der Waals surface area contributed by atoms with E-state index in [1.165, 1.54) is 24.3 Å².